The summed E-state index contributed by atoms with van der Waals surface area (Å²) in [5.74, 6) is 1.07. The van der Waals surface area contributed by atoms with Crippen molar-refractivity contribution in [2.45, 2.75) is 6.10 Å². The van der Waals surface area contributed by atoms with Crippen molar-refractivity contribution in [3.05, 3.63) is 52.7 Å². The smallest absolute Gasteiger partial charge is 0.269 e. The number of rotatable bonds is 6. The highest BCUT2D eigenvalue weighted by Crippen LogP contribution is 2.21. The molecular formula is C14H12N4O4. The molecule has 3 rings (SSSR count). The molecule has 0 amide bonds. The molecule has 0 saturated carbocycles. The summed E-state index contributed by atoms with van der Waals surface area (Å²) >= 11 is 0. The molecule has 1 atom stereocenters. The van der Waals surface area contributed by atoms with Gasteiger partial charge in [0.1, 0.15) is 18.5 Å². The molecule has 8 nitrogen and oxygen atoms in total. The van der Waals surface area contributed by atoms with Crippen LogP contribution in [0.4, 0.5) is 17.2 Å². The topological polar surface area (TPSA) is 103 Å². The summed E-state index contributed by atoms with van der Waals surface area (Å²) in [5.41, 5.74) is 0.525. The van der Waals surface area contributed by atoms with Crippen LogP contribution in [-0.4, -0.2) is 29.2 Å². The van der Waals surface area contributed by atoms with Gasteiger partial charge in [-0.25, -0.2) is 4.98 Å². The fourth-order valence-corrected chi connectivity index (χ4v) is 1.62. The van der Waals surface area contributed by atoms with Crippen molar-refractivity contribution >= 4 is 17.2 Å². The lowest BCUT2D eigenvalue weighted by molar-refractivity contribution is -0.384. The average Bonchev–Trinajstić information content (AvgIpc) is 3.36. The maximum absolute atomic E-state index is 10.5. The van der Waals surface area contributed by atoms with E-state index in [-0.39, 0.29) is 11.8 Å². The van der Waals surface area contributed by atoms with Gasteiger partial charge in [0.15, 0.2) is 5.82 Å². The second kappa shape index (κ2) is 6.27. The highest BCUT2D eigenvalue weighted by Gasteiger charge is 2.22. The minimum atomic E-state index is -0.464. The second-order valence-corrected chi connectivity index (χ2v) is 4.59. The SMILES string of the molecule is O=[N+]([O-])c1ccc(N=Nc2ccc(OCC3CO3)cn2)cc1. The van der Waals surface area contributed by atoms with Crippen molar-refractivity contribution in [2.75, 3.05) is 13.2 Å². The van der Waals surface area contributed by atoms with Crippen molar-refractivity contribution in [3.8, 4) is 5.75 Å². The molecule has 1 unspecified atom stereocenters. The Morgan fingerprint density at radius 3 is 2.64 bits per heavy atom. The molecule has 1 aromatic carbocycles. The maximum atomic E-state index is 10.5. The molecule has 2 heterocycles. The Labute approximate surface area is 125 Å². The van der Waals surface area contributed by atoms with E-state index in [9.17, 15) is 10.1 Å². The van der Waals surface area contributed by atoms with Gasteiger partial charge in [0.25, 0.3) is 5.69 Å². The minimum Gasteiger partial charge on any atom is -0.489 e. The number of epoxide rings is 1. The number of pyridine rings is 1. The van der Waals surface area contributed by atoms with Gasteiger partial charge in [-0.2, -0.15) is 0 Å². The lowest BCUT2D eigenvalue weighted by atomic mass is 10.3. The van der Waals surface area contributed by atoms with Crippen LogP contribution in [0.1, 0.15) is 0 Å². The first-order chi connectivity index (χ1) is 10.7. The van der Waals surface area contributed by atoms with Crippen molar-refractivity contribution in [1.29, 1.82) is 0 Å². The van der Waals surface area contributed by atoms with E-state index in [4.69, 9.17) is 9.47 Å². The summed E-state index contributed by atoms with van der Waals surface area (Å²) in [7, 11) is 0. The Morgan fingerprint density at radius 2 is 2.05 bits per heavy atom. The summed E-state index contributed by atoms with van der Waals surface area (Å²) in [4.78, 5) is 14.2. The van der Waals surface area contributed by atoms with Crippen molar-refractivity contribution in [3.63, 3.8) is 0 Å². The molecule has 22 heavy (non-hydrogen) atoms. The van der Waals surface area contributed by atoms with Crippen molar-refractivity contribution in [1.82, 2.24) is 4.98 Å². The zero-order valence-electron chi connectivity index (χ0n) is 11.5. The third-order valence-corrected chi connectivity index (χ3v) is 2.89. The van der Waals surface area contributed by atoms with Crippen molar-refractivity contribution in [2.24, 2.45) is 10.2 Å². The summed E-state index contributed by atoms with van der Waals surface area (Å²) < 4.78 is 10.5. The molecule has 0 spiro atoms. The van der Waals surface area contributed by atoms with Gasteiger partial charge in [-0.3, -0.25) is 10.1 Å². The van der Waals surface area contributed by atoms with Gasteiger partial charge >= 0.3 is 0 Å². The molecule has 2 aromatic rings. The van der Waals surface area contributed by atoms with E-state index in [0.29, 0.717) is 23.9 Å². The van der Waals surface area contributed by atoms with E-state index < -0.39 is 4.92 Å². The number of nitro benzene ring substituents is 1. The van der Waals surface area contributed by atoms with Crippen LogP contribution in [-0.2, 0) is 4.74 Å². The Bertz CT molecular complexity index is 681. The number of benzene rings is 1. The quantitative estimate of drug-likeness (QED) is 0.353. The number of nitrogens with zero attached hydrogens (tertiary/aromatic N) is 4. The van der Waals surface area contributed by atoms with E-state index in [2.05, 4.69) is 15.2 Å². The van der Waals surface area contributed by atoms with E-state index in [1.807, 2.05) is 0 Å². The predicted octanol–water partition coefficient (Wildman–Crippen LogP) is 3.18. The van der Waals surface area contributed by atoms with Gasteiger partial charge in [-0.15, -0.1) is 10.2 Å². The van der Waals surface area contributed by atoms with Crippen LogP contribution in [0.25, 0.3) is 0 Å². The normalized spacial score (nSPS) is 16.6. The third-order valence-electron chi connectivity index (χ3n) is 2.89. The van der Waals surface area contributed by atoms with Crippen molar-refractivity contribution < 1.29 is 14.4 Å². The molecule has 0 N–H and O–H groups in total. The van der Waals surface area contributed by atoms with Gasteiger partial charge in [0, 0.05) is 12.1 Å². The molecule has 1 saturated heterocycles. The Hall–Kier alpha value is -2.87. The first kappa shape index (κ1) is 14.1. The number of non-ortho nitro benzene ring substituents is 1. The Morgan fingerprint density at radius 1 is 1.27 bits per heavy atom. The number of hydrogen-bond donors (Lipinski definition) is 0. The fraction of sp³-hybridized carbons (Fsp3) is 0.214. The molecule has 1 aliphatic heterocycles. The lowest BCUT2D eigenvalue weighted by Crippen LogP contribution is -2.03. The molecule has 8 heteroatoms. The number of azo groups is 1. The molecule has 1 aliphatic rings. The molecule has 112 valence electrons. The van der Waals surface area contributed by atoms with Gasteiger partial charge in [0.2, 0.25) is 0 Å². The number of nitro groups is 1. The molecule has 1 fully saturated rings. The van der Waals surface area contributed by atoms with Crippen LogP contribution in [0.3, 0.4) is 0 Å². The summed E-state index contributed by atoms with van der Waals surface area (Å²) in [6, 6.07) is 9.22. The average molecular weight is 300 g/mol. The third kappa shape index (κ3) is 3.83. The van der Waals surface area contributed by atoms with Crippen LogP contribution in [0, 0.1) is 10.1 Å². The molecular weight excluding hydrogens is 288 g/mol. The highest BCUT2D eigenvalue weighted by atomic mass is 16.6. The fourth-order valence-electron chi connectivity index (χ4n) is 1.62. The monoisotopic (exact) mass is 300 g/mol. The predicted molar refractivity (Wildman–Crippen MR) is 76.7 cm³/mol. The van der Waals surface area contributed by atoms with Crippen LogP contribution < -0.4 is 4.74 Å². The summed E-state index contributed by atoms with van der Waals surface area (Å²) in [6.07, 6.45) is 1.76. The molecule has 0 bridgehead atoms. The van der Waals surface area contributed by atoms with Crippen LogP contribution in [0.15, 0.2) is 52.8 Å². The Kier molecular flexibility index (Phi) is 4.01. The van der Waals surface area contributed by atoms with E-state index in [0.717, 1.165) is 6.61 Å². The Balaban J connectivity index is 1.60. The van der Waals surface area contributed by atoms with Crippen LogP contribution in [0.5, 0.6) is 5.75 Å². The van der Waals surface area contributed by atoms with Gasteiger partial charge in [0.05, 0.1) is 23.4 Å². The highest BCUT2D eigenvalue weighted by molar-refractivity contribution is 5.44. The zero-order chi connectivity index (χ0) is 15.4. The van der Waals surface area contributed by atoms with E-state index >= 15 is 0 Å². The zero-order valence-corrected chi connectivity index (χ0v) is 11.5. The van der Waals surface area contributed by atoms with Crippen LogP contribution >= 0.6 is 0 Å². The minimum absolute atomic E-state index is 0.0122. The molecule has 0 aliphatic carbocycles. The number of hydrogen-bond acceptors (Lipinski definition) is 7. The molecule has 0 radical (unpaired) electrons. The second-order valence-electron chi connectivity index (χ2n) is 4.59. The largest absolute Gasteiger partial charge is 0.489 e. The molecule has 1 aromatic heterocycles. The standard InChI is InChI=1S/C14H12N4O4/c19-18(20)11-3-1-10(2-4-11)16-17-14-6-5-12(7-15-14)21-8-13-9-22-13/h1-7,13H,8-9H2. The van der Waals surface area contributed by atoms with Crippen LogP contribution in [0.2, 0.25) is 0 Å². The number of ether oxygens (including phenoxy) is 2. The maximum Gasteiger partial charge on any atom is 0.269 e. The summed E-state index contributed by atoms with van der Waals surface area (Å²) in [5, 5.41) is 18.5. The van der Waals surface area contributed by atoms with E-state index in [1.54, 1.807) is 18.3 Å². The number of aromatic nitrogens is 1. The van der Waals surface area contributed by atoms with Gasteiger partial charge in [-0.05, 0) is 24.3 Å². The van der Waals surface area contributed by atoms with E-state index in [1.165, 1.54) is 24.3 Å². The van der Waals surface area contributed by atoms with Gasteiger partial charge < -0.3 is 9.47 Å². The van der Waals surface area contributed by atoms with Gasteiger partial charge in [-0.1, -0.05) is 0 Å². The first-order valence-corrected chi connectivity index (χ1v) is 6.57. The summed E-state index contributed by atoms with van der Waals surface area (Å²) in [6.45, 7) is 1.26. The first-order valence-electron chi connectivity index (χ1n) is 6.57. The lowest BCUT2D eigenvalue weighted by Gasteiger charge is -2.02.